The van der Waals surface area contributed by atoms with Crippen molar-refractivity contribution in [1.82, 2.24) is 30.7 Å². The largest absolute Gasteiger partial charge is 0.482 e. The lowest BCUT2D eigenvalue weighted by atomic mass is 9.85. The fraction of sp³-hybridized carbons (Fsp3) is 0.393. The van der Waals surface area contributed by atoms with Crippen molar-refractivity contribution in [2.75, 3.05) is 56.8 Å². The summed E-state index contributed by atoms with van der Waals surface area (Å²) < 4.78 is 16.7. The number of anilines is 2. The van der Waals surface area contributed by atoms with Crippen LogP contribution < -0.4 is 31.3 Å². The highest BCUT2D eigenvalue weighted by atomic mass is 32.1. The number of aliphatic hydroxyl groups excluding tert-OH is 1. The average Bonchev–Trinajstić information content (AvgIpc) is 4.05. The molecule has 0 bridgehead atoms. The minimum atomic E-state index is -0.967. The predicted molar refractivity (Wildman–Crippen MR) is 285 cm³/mol. The zero-order chi connectivity index (χ0) is 53.9. The first kappa shape index (κ1) is 54.7. The molecule has 19 nitrogen and oxygen atoms in total. The van der Waals surface area contributed by atoms with E-state index in [2.05, 4.69) is 31.6 Å². The number of rotatable bonds is 22. The van der Waals surface area contributed by atoms with E-state index in [1.807, 2.05) is 69.0 Å². The number of fused-ring (bicyclic) bond motifs is 1. The molecule has 400 valence electrons. The molecule has 8 rings (SSSR count). The number of ether oxygens (including phenoxy) is 3. The standard InChI is InChI=1S/C56H64N8O11S/c1-34-49(76-33-59-34)37-9-5-35(6-10-37)29-58-53(70)45-28-43(65)31-64(45)55(72)50(56(2,3)4)62-47(66)21-23-73-25-26-74-24-22-57-51(68)38-13-16-41(17-14-38)60-52(69)39-11-7-36(8-12-39)30-63(42-18-19-42)54(71)40-15-20-44-46(27-40)75-32-48(67)61-44/h5-17,20,27,33,42-43,45,50,65H,18-19,21-26,28-32H2,1-4H3,(H,57,68)(H,58,70)(H,60,69)(H,61,67)(H,62,66)/t43-,45+,50-/m1/s1. The van der Waals surface area contributed by atoms with Crippen LogP contribution in [0, 0.1) is 12.3 Å². The SMILES string of the molecule is Cc1ncsc1-c1ccc(CNC(=O)[C@@H]2C[C@@H](O)CN2C(=O)[C@@H](NC(=O)CCOCCOCCNC(=O)c2ccc(NC(=O)c3ccc(CN(C(=O)c4ccc5c(c4)OCC(=O)N5)C4CC4)cc3)cc2)C(C)(C)C)cc1. The first-order valence-corrected chi connectivity index (χ1v) is 26.3. The van der Waals surface area contributed by atoms with Crippen molar-refractivity contribution < 1.29 is 52.9 Å². The quantitative estimate of drug-likeness (QED) is 0.0473. The summed E-state index contributed by atoms with van der Waals surface area (Å²) in [6, 6.07) is 24.6. The number of benzene rings is 4. The van der Waals surface area contributed by atoms with Crippen molar-refractivity contribution >= 4 is 64.1 Å². The van der Waals surface area contributed by atoms with Crippen LogP contribution in [0.5, 0.6) is 5.75 Å². The number of β-amino-alcohol motifs (C(OH)–C–C–N with tert-alkyl or cyclic N) is 1. The summed E-state index contributed by atoms with van der Waals surface area (Å²) >= 11 is 1.56. The number of aliphatic hydroxyl groups is 1. The first-order chi connectivity index (χ1) is 36.5. The Morgan fingerprint density at radius 2 is 1.53 bits per heavy atom. The summed E-state index contributed by atoms with van der Waals surface area (Å²) in [6.45, 7) is 8.81. The Kier molecular flexibility index (Phi) is 17.9. The summed E-state index contributed by atoms with van der Waals surface area (Å²) in [5.41, 5.74) is 7.15. The van der Waals surface area contributed by atoms with Crippen LogP contribution in [-0.4, -0.2) is 132 Å². The summed E-state index contributed by atoms with van der Waals surface area (Å²) in [4.78, 5) is 100. The molecule has 7 amide bonds. The van der Waals surface area contributed by atoms with Crippen LogP contribution in [0.3, 0.4) is 0 Å². The van der Waals surface area contributed by atoms with Gasteiger partial charge in [0.2, 0.25) is 17.7 Å². The molecule has 76 heavy (non-hydrogen) atoms. The molecule has 1 aliphatic carbocycles. The molecule has 1 saturated carbocycles. The number of carbonyl (C=O) groups excluding carboxylic acids is 7. The van der Waals surface area contributed by atoms with E-state index in [-0.39, 0.29) is 101 Å². The van der Waals surface area contributed by atoms with Gasteiger partial charge >= 0.3 is 0 Å². The maximum absolute atomic E-state index is 14.0. The van der Waals surface area contributed by atoms with Gasteiger partial charge < -0.3 is 55.7 Å². The number of nitrogens with zero attached hydrogens (tertiary/aromatic N) is 3. The number of carbonyl (C=O) groups is 7. The van der Waals surface area contributed by atoms with Crippen molar-refractivity contribution in [1.29, 1.82) is 0 Å². The Balaban J connectivity index is 0.696. The molecule has 0 unspecified atom stereocenters. The van der Waals surface area contributed by atoms with Crippen molar-refractivity contribution in [3.63, 3.8) is 0 Å². The van der Waals surface area contributed by atoms with Crippen LogP contribution in [0.15, 0.2) is 96.5 Å². The van der Waals surface area contributed by atoms with Gasteiger partial charge in [0.15, 0.2) is 6.61 Å². The molecule has 4 aromatic carbocycles. The molecule has 1 saturated heterocycles. The van der Waals surface area contributed by atoms with E-state index in [0.29, 0.717) is 40.4 Å². The number of aryl methyl sites for hydroxylation is 1. The molecule has 20 heteroatoms. The molecule has 0 radical (unpaired) electrons. The fourth-order valence-corrected chi connectivity index (χ4v) is 9.64. The first-order valence-electron chi connectivity index (χ1n) is 25.4. The van der Waals surface area contributed by atoms with Crippen LogP contribution in [-0.2, 0) is 41.7 Å². The number of thiazole rings is 1. The van der Waals surface area contributed by atoms with Gasteiger partial charge in [-0.05, 0) is 96.5 Å². The number of nitrogens with one attached hydrogen (secondary N) is 5. The van der Waals surface area contributed by atoms with Crippen LogP contribution in [0.1, 0.15) is 94.3 Å². The second-order valence-corrected chi connectivity index (χ2v) is 21.0. The molecule has 3 aliphatic rings. The molecule has 0 spiro atoms. The van der Waals surface area contributed by atoms with Gasteiger partial charge in [-0.15, -0.1) is 11.3 Å². The Labute approximate surface area is 445 Å². The van der Waals surface area contributed by atoms with Gasteiger partial charge in [-0.3, -0.25) is 33.6 Å². The number of amides is 7. The number of aromatic nitrogens is 1. The van der Waals surface area contributed by atoms with E-state index < -0.39 is 35.4 Å². The molecular formula is C56H64N8O11S. The molecular weight excluding hydrogens is 993 g/mol. The van der Waals surface area contributed by atoms with Crippen molar-refractivity contribution in [3.8, 4) is 16.2 Å². The number of hydrogen-bond donors (Lipinski definition) is 6. The summed E-state index contributed by atoms with van der Waals surface area (Å²) in [6.07, 6.45) is 0.982. The zero-order valence-corrected chi connectivity index (χ0v) is 43.8. The van der Waals surface area contributed by atoms with Gasteiger partial charge in [0.1, 0.15) is 17.8 Å². The summed E-state index contributed by atoms with van der Waals surface area (Å²) in [5.74, 6) is -1.82. The zero-order valence-electron chi connectivity index (χ0n) is 43.0. The van der Waals surface area contributed by atoms with E-state index >= 15 is 0 Å². The van der Waals surface area contributed by atoms with Crippen LogP contribution >= 0.6 is 11.3 Å². The van der Waals surface area contributed by atoms with Crippen molar-refractivity contribution in [3.05, 3.63) is 130 Å². The van der Waals surface area contributed by atoms with E-state index in [1.54, 1.807) is 71.4 Å². The Hall–Kier alpha value is -7.52. The lowest BCUT2D eigenvalue weighted by molar-refractivity contribution is -0.144. The maximum atomic E-state index is 14.0. The van der Waals surface area contributed by atoms with Gasteiger partial charge in [0, 0.05) is 67.4 Å². The van der Waals surface area contributed by atoms with E-state index in [9.17, 15) is 38.7 Å². The number of likely N-dealkylation sites (tertiary alicyclic amines) is 1. The summed E-state index contributed by atoms with van der Waals surface area (Å²) in [5, 5.41) is 24.7. The highest BCUT2D eigenvalue weighted by Crippen LogP contribution is 2.34. The van der Waals surface area contributed by atoms with Crippen LogP contribution in [0.4, 0.5) is 11.4 Å². The molecule has 3 heterocycles. The molecule has 6 N–H and O–H groups in total. The maximum Gasteiger partial charge on any atom is 0.262 e. The Bertz CT molecular complexity index is 2900. The van der Waals surface area contributed by atoms with Gasteiger partial charge in [0.05, 0.1) is 54.3 Å². The van der Waals surface area contributed by atoms with Crippen molar-refractivity contribution in [2.45, 2.75) is 90.7 Å². The normalized spacial score (nSPS) is 16.4. The highest BCUT2D eigenvalue weighted by Gasteiger charge is 2.44. The third-order valence-electron chi connectivity index (χ3n) is 13.2. The molecule has 5 aromatic rings. The molecule has 2 fully saturated rings. The van der Waals surface area contributed by atoms with E-state index in [4.69, 9.17) is 14.2 Å². The molecule has 2 aliphatic heterocycles. The van der Waals surface area contributed by atoms with Gasteiger partial charge in [-0.2, -0.15) is 0 Å². The average molecular weight is 1060 g/mol. The Morgan fingerprint density at radius 1 is 0.855 bits per heavy atom. The second kappa shape index (κ2) is 24.9. The third-order valence-corrected chi connectivity index (χ3v) is 14.2. The summed E-state index contributed by atoms with van der Waals surface area (Å²) in [7, 11) is 0. The van der Waals surface area contributed by atoms with Crippen LogP contribution in [0.2, 0.25) is 0 Å². The predicted octanol–water partition coefficient (Wildman–Crippen LogP) is 5.47. The van der Waals surface area contributed by atoms with Gasteiger partial charge in [-0.1, -0.05) is 57.2 Å². The smallest absolute Gasteiger partial charge is 0.262 e. The third kappa shape index (κ3) is 14.4. The minimum Gasteiger partial charge on any atom is -0.482 e. The van der Waals surface area contributed by atoms with E-state index in [0.717, 1.165) is 40.1 Å². The lowest BCUT2D eigenvalue weighted by Crippen LogP contribution is -2.57. The van der Waals surface area contributed by atoms with Gasteiger partial charge in [0.25, 0.3) is 23.6 Å². The van der Waals surface area contributed by atoms with Crippen LogP contribution in [0.25, 0.3) is 10.4 Å². The van der Waals surface area contributed by atoms with E-state index in [1.165, 1.54) is 4.90 Å². The topological polar surface area (TPSA) is 247 Å². The Morgan fingerprint density at radius 3 is 2.21 bits per heavy atom. The molecule has 1 aromatic heterocycles. The van der Waals surface area contributed by atoms with Crippen molar-refractivity contribution in [2.24, 2.45) is 5.41 Å². The second-order valence-electron chi connectivity index (χ2n) is 20.1. The fourth-order valence-electron chi connectivity index (χ4n) is 8.83. The number of hydrogen-bond acceptors (Lipinski definition) is 13. The van der Waals surface area contributed by atoms with Gasteiger partial charge in [-0.25, -0.2) is 4.98 Å². The monoisotopic (exact) mass is 1060 g/mol. The lowest BCUT2D eigenvalue weighted by Gasteiger charge is -2.35. The molecule has 3 atom stereocenters. The highest BCUT2D eigenvalue weighted by molar-refractivity contribution is 7.13. The minimum absolute atomic E-state index is 0.0246.